The van der Waals surface area contributed by atoms with E-state index >= 15 is 0 Å². The van der Waals surface area contributed by atoms with Gasteiger partial charge in [-0.25, -0.2) is 0 Å². The number of halogens is 3. The molecule has 0 radical (unpaired) electrons. The normalized spacial score (nSPS) is 24.7. The summed E-state index contributed by atoms with van der Waals surface area (Å²) in [6.07, 6.45) is -0.213. The fourth-order valence-corrected chi connectivity index (χ4v) is 4.91. The number of alkyl halides is 3. The summed E-state index contributed by atoms with van der Waals surface area (Å²) >= 11 is 0. The first-order chi connectivity index (χ1) is 15.7. The van der Waals surface area contributed by atoms with Crippen molar-refractivity contribution in [3.05, 3.63) is 46.0 Å². The minimum Gasteiger partial charge on any atom is -0.374 e. The van der Waals surface area contributed by atoms with E-state index in [-0.39, 0.29) is 38.0 Å². The molecule has 33 heavy (non-hydrogen) atoms. The van der Waals surface area contributed by atoms with Gasteiger partial charge in [0.2, 0.25) is 5.95 Å². The van der Waals surface area contributed by atoms with Gasteiger partial charge in [-0.2, -0.15) is 18.2 Å². The molecule has 0 spiro atoms. The number of carbonyl (C=O) groups excluding carboxylic acids is 1. The zero-order valence-corrected chi connectivity index (χ0v) is 18.1. The van der Waals surface area contributed by atoms with E-state index in [1.165, 1.54) is 16.8 Å². The van der Waals surface area contributed by atoms with Gasteiger partial charge in [-0.15, -0.1) is 0 Å². The van der Waals surface area contributed by atoms with Gasteiger partial charge in [0.05, 0.1) is 25.3 Å². The van der Waals surface area contributed by atoms with Crippen molar-refractivity contribution in [2.24, 2.45) is 0 Å². The van der Waals surface area contributed by atoms with Gasteiger partial charge in [-0.05, 0) is 37.8 Å². The zero-order valence-electron chi connectivity index (χ0n) is 18.1. The minimum atomic E-state index is -4.58. The topological polar surface area (TPSA) is 80.6 Å². The molecule has 1 unspecified atom stereocenters. The number of pyridine rings is 1. The van der Waals surface area contributed by atoms with Crippen molar-refractivity contribution in [3.8, 4) is 0 Å². The van der Waals surface area contributed by atoms with Gasteiger partial charge in [0.15, 0.2) is 5.78 Å². The Morgan fingerprint density at radius 1 is 1.24 bits per heavy atom. The Labute approximate surface area is 189 Å². The van der Waals surface area contributed by atoms with Crippen molar-refractivity contribution in [2.75, 3.05) is 29.5 Å². The third-order valence-corrected chi connectivity index (χ3v) is 6.60. The molecule has 2 aromatic rings. The van der Waals surface area contributed by atoms with Crippen molar-refractivity contribution >= 4 is 17.5 Å². The molecule has 6 heterocycles. The number of fused-ring (bicyclic) bond motifs is 4. The highest BCUT2D eigenvalue weighted by Gasteiger charge is 2.47. The molecule has 3 fully saturated rings. The number of morpholine rings is 1. The minimum absolute atomic E-state index is 0. The van der Waals surface area contributed by atoms with Crippen LogP contribution in [0, 0.1) is 6.92 Å². The lowest BCUT2D eigenvalue weighted by atomic mass is 9.97. The number of Topliss-reactive ketones (excluding diaryl/α,β-unsaturated/α-hetero) is 1. The molecule has 6 rings (SSSR count). The van der Waals surface area contributed by atoms with Crippen LogP contribution in [-0.4, -0.2) is 64.4 Å². The summed E-state index contributed by atoms with van der Waals surface area (Å²) in [7, 11) is 0. The van der Waals surface area contributed by atoms with E-state index in [0.29, 0.717) is 19.0 Å². The predicted molar refractivity (Wildman–Crippen MR) is 116 cm³/mol. The van der Waals surface area contributed by atoms with E-state index in [2.05, 4.69) is 9.97 Å². The summed E-state index contributed by atoms with van der Waals surface area (Å²) in [5.74, 6) is -0.303. The molecule has 0 N–H and O–H groups in total. The van der Waals surface area contributed by atoms with Crippen molar-refractivity contribution < 1.29 is 24.1 Å². The van der Waals surface area contributed by atoms with Crippen LogP contribution in [0.3, 0.4) is 0 Å². The van der Waals surface area contributed by atoms with Gasteiger partial charge >= 0.3 is 6.18 Å². The lowest BCUT2D eigenvalue weighted by molar-refractivity contribution is -0.152. The maximum Gasteiger partial charge on any atom is 0.408 e. The average molecular weight is 465 g/mol. The Hall–Kier alpha value is -2.95. The molecular formula is C22H26F3N5O3. The van der Waals surface area contributed by atoms with Gasteiger partial charge in [-0.1, -0.05) is 0 Å². The molecule has 0 amide bonds. The molecule has 178 valence electrons. The Bertz CT molecular complexity index is 1130. The molecule has 0 aromatic carbocycles. The Balaban J connectivity index is 0.00000274. The number of aryl methyl sites for hydroxylation is 1. The summed E-state index contributed by atoms with van der Waals surface area (Å²) in [6.45, 7) is 2.12. The number of rotatable bonds is 4. The number of anilines is 2. The van der Waals surface area contributed by atoms with Crippen LogP contribution in [0.5, 0.6) is 0 Å². The standard InChI is InChI=1S/C22H24F3N5O3.H2/c1-13-6-14(9-26-8-13)17(31)11-30-18(22(23,24)25)4-5-28-20(32)7-19(27-21(28)30)29-10-16-3-2-15(29)12-33-16;/h6-9,15-16,18H,2-5,10-12H2,1H3;1H/t15?,16-,18-;/m0./s1. The van der Waals surface area contributed by atoms with Gasteiger partial charge < -0.3 is 14.5 Å². The van der Waals surface area contributed by atoms with Crippen LogP contribution < -0.4 is 15.4 Å². The van der Waals surface area contributed by atoms with Gasteiger partial charge in [0, 0.05) is 38.5 Å². The van der Waals surface area contributed by atoms with Crippen molar-refractivity contribution in [3.63, 3.8) is 0 Å². The lowest BCUT2D eigenvalue weighted by Gasteiger charge is -2.46. The molecule has 4 aliphatic rings. The third-order valence-electron chi connectivity index (χ3n) is 6.60. The Morgan fingerprint density at radius 3 is 2.70 bits per heavy atom. The van der Waals surface area contributed by atoms with Crippen molar-refractivity contribution in [1.82, 2.24) is 14.5 Å². The van der Waals surface area contributed by atoms with E-state index in [0.717, 1.165) is 23.3 Å². The summed E-state index contributed by atoms with van der Waals surface area (Å²) in [5, 5.41) is 0. The average Bonchev–Trinajstić information content (AvgIpc) is 2.79. The number of ether oxygens (including phenoxy) is 1. The largest absolute Gasteiger partial charge is 0.408 e. The monoisotopic (exact) mass is 465 g/mol. The molecule has 3 saturated heterocycles. The molecule has 0 aliphatic carbocycles. The predicted octanol–water partition coefficient (Wildman–Crippen LogP) is 2.58. The maximum atomic E-state index is 14.0. The van der Waals surface area contributed by atoms with Crippen LogP contribution in [0.2, 0.25) is 0 Å². The highest BCUT2D eigenvalue weighted by Crippen LogP contribution is 2.36. The maximum absolute atomic E-state index is 14.0. The second-order valence-corrected chi connectivity index (χ2v) is 8.89. The second-order valence-electron chi connectivity index (χ2n) is 8.89. The van der Waals surface area contributed by atoms with E-state index in [1.807, 2.05) is 4.90 Å². The highest BCUT2D eigenvalue weighted by molar-refractivity contribution is 5.99. The van der Waals surface area contributed by atoms with Crippen molar-refractivity contribution in [1.29, 1.82) is 0 Å². The first-order valence-corrected chi connectivity index (χ1v) is 11.0. The third kappa shape index (κ3) is 4.09. The van der Waals surface area contributed by atoms with E-state index < -0.39 is 30.1 Å². The smallest absolute Gasteiger partial charge is 0.374 e. The molecule has 11 heteroatoms. The SMILES string of the molecule is Cc1cncc(C(=O)CN2c3nc(N4C[C@@H]5CCC4CO5)cc(=O)n3CC[C@H]2C(F)(F)F)c1.[HH]. The molecule has 3 atom stereocenters. The molecule has 8 nitrogen and oxygen atoms in total. The number of piperidine rings is 1. The van der Waals surface area contributed by atoms with E-state index in [4.69, 9.17) is 4.74 Å². The van der Waals surface area contributed by atoms with Crippen LogP contribution in [-0.2, 0) is 11.3 Å². The summed E-state index contributed by atoms with van der Waals surface area (Å²) in [6, 6.07) is 1.08. The van der Waals surface area contributed by atoms with Crippen LogP contribution in [0.1, 0.15) is 36.6 Å². The quantitative estimate of drug-likeness (QED) is 0.642. The van der Waals surface area contributed by atoms with Gasteiger partial charge in [0.25, 0.3) is 5.56 Å². The molecule has 2 bridgehead atoms. The zero-order chi connectivity index (χ0) is 23.3. The number of ketones is 1. The summed E-state index contributed by atoms with van der Waals surface area (Å²) in [5.41, 5.74) is 0.524. The first kappa shape index (κ1) is 21.9. The molecule has 4 aliphatic heterocycles. The highest BCUT2D eigenvalue weighted by atomic mass is 19.4. The Morgan fingerprint density at radius 2 is 2.06 bits per heavy atom. The van der Waals surface area contributed by atoms with E-state index in [1.54, 1.807) is 19.2 Å². The fraction of sp³-hybridized carbons (Fsp3) is 0.545. The molecule has 2 aromatic heterocycles. The second kappa shape index (κ2) is 8.12. The first-order valence-electron chi connectivity index (χ1n) is 11.0. The Kier molecular flexibility index (Phi) is 5.38. The number of hydrogen-bond donors (Lipinski definition) is 0. The number of aromatic nitrogens is 3. The lowest BCUT2D eigenvalue weighted by Crippen LogP contribution is -2.56. The molecule has 0 saturated carbocycles. The summed E-state index contributed by atoms with van der Waals surface area (Å²) in [4.78, 5) is 37.2. The van der Waals surface area contributed by atoms with Crippen LogP contribution in [0.15, 0.2) is 29.3 Å². The van der Waals surface area contributed by atoms with Crippen LogP contribution in [0.4, 0.5) is 24.9 Å². The number of carbonyl (C=O) groups is 1. The summed E-state index contributed by atoms with van der Waals surface area (Å²) < 4.78 is 48.9. The fourth-order valence-electron chi connectivity index (χ4n) is 4.91. The number of hydrogen-bond acceptors (Lipinski definition) is 7. The van der Waals surface area contributed by atoms with Gasteiger partial charge in [0.1, 0.15) is 11.9 Å². The van der Waals surface area contributed by atoms with Gasteiger partial charge in [-0.3, -0.25) is 19.1 Å². The van der Waals surface area contributed by atoms with E-state index in [9.17, 15) is 22.8 Å². The van der Waals surface area contributed by atoms with Crippen LogP contribution in [0.25, 0.3) is 0 Å². The number of nitrogens with zero attached hydrogens (tertiary/aromatic N) is 5. The van der Waals surface area contributed by atoms with Crippen LogP contribution >= 0.6 is 0 Å². The van der Waals surface area contributed by atoms with Crippen molar-refractivity contribution in [2.45, 2.75) is 57.1 Å². The molecular weight excluding hydrogens is 439 g/mol.